The molecule has 1 amide bonds. The fourth-order valence-corrected chi connectivity index (χ4v) is 3.76. The lowest BCUT2D eigenvalue weighted by atomic mass is 10.1. The molecule has 0 bridgehead atoms. The van der Waals surface area contributed by atoms with Crippen LogP contribution in [0, 0.1) is 6.92 Å². The first-order chi connectivity index (χ1) is 13.1. The maximum Gasteiger partial charge on any atom is 0.233 e. The van der Waals surface area contributed by atoms with Gasteiger partial charge in [0.25, 0.3) is 0 Å². The molecule has 5 nitrogen and oxygen atoms in total. The smallest absolute Gasteiger partial charge is 0.233 e. The quantitative estimate of drug-likeness (QED) is 0.659. The summed E-state index contributed by atoms with van der Waals surface area (Å²) in [5.74, 6) is 0.837. The van der Waals surface area contributed by atoms with E-state index < -0.39 is 0 Å². The van der Waals surface area contributed by atoms with Crippen LogP contribution in [0.1, 0.15) is 25.3 Å². The summed E-state index contributed by atoms with van der Waals surface area (Å²) in [5, 5.41) is 12.4. The molecule has 2 aromatic carbocycles. The molecule has 4 rings (SSSR count). The predicted octanol–water partition coefficient (Wildman–Crippen LogP) is 4.00. The Bertz CT molecular complexity index is 950. The van der Waals surface area contributed by atoms with Gasteiger partial charge in [-0.3, -0.25) is 9.36 Å². The lowest BCUT2D eigenvalue weighted by molar-refractivity contribution is -0.120. The van der Waals surface area contributed by atoms with Crippen molar-refractivity contribution < 1.29 is 4.79 Å². The van der Waals surface area contributed by atoms with E-state index in [1.165, 1.54) is 17.3 Å². The highest BCUT2D eigenvalue weighted by molar-refractivity contribution is 8.00. The Balaban J connectivity index is 1.70. The van der Waals surface area contributed by atoms with Gasteiger partial charge in [-0.2, -0.15) is 0 Å². The van der Waals surface area contributed by atoms with Gasteiger partial charge >= 0.3 is 0 Å². The van der Waals surface area contributed by atoms with Crippen molar-refractivity contribution in [2.24, 2.45) is 0 Å². The number of carbonyl (C=O) groups excluding carboxylic acids is 1. The van der Waals surface area contributed by atoms with Crippen molar-refractivity contribution in [3.8, 4) is 17.1 Å². The van der Waals surface area contributed by atoms with Crippen LogP contribution in [-0.4, -0.2) is 32.0 Å². The number of amides is 1. The second-order valence-corrected chi connectivity index (χ2v) is 8.20. The normalized spacial score (nSPS) is 14.7. The van der Waals surface area contributed by atoms with Gasteiger partial charge < -0.3 is 5.32 Å². The van der Waals surface area contributed by atoms with Crippen LogP contribution in [-0.2, 0) is 4.79 Å². The molecular weight excluding hydrogens is 356 g/mol. The molecule has 0 saturated heterocycles. The van der Waals surface area contributed by atoms with Gasteiger partial charge in [-0.25, -0.2) is 0 Å². The van der Waals surface area contributed by atoms with Gasteiger partial charge in [-0.1, -0.05) is 53.7 Å². The first kappa shape index (κ1) is 17.8. The zero-order chi connectivity index (χ0) is 18.8. The molecular formula is C21H22N4OS. The third kappa shape index (κ3) is 4.06. The molecule has 1 aliphatic carbocycles. The number of hydrogen-bond acceptors (Lipinski definition) is 4. The Morgan fingerprint density at radius 1 is 1.15 bits per heavy atom. The number of thioether (sulfide) groups is 1. The zero-order valence-electron chi connectivity index (χ0n) is 15.4. The Hall–Kier alpha value is -2.60. The van der Waals surface area contributed by atoms with E-state index in [9.17, 15) is 4.79 Å². The Kier molecular flexibility index (Phi) is 4.99. The molecule has 0 aliphatic heterocycles. The molecule has 1 aromatic heterocycles. The summed E-state index contributed by atoms with van der Waals surface area (Å²) in [6.07, 6.45) is 2.17. The van der Waals surface area contributed by atoms with Crippen LogP contribution in [0.3, 0.4) is 0 Å². The van der Waals surface area contributed by atoms with E-state index in [0.717, 1.165) is 35.1 Å². The fourth-order valence-electron chi connectivity index (χ4n) is 2.89. The van der Waals surface area contributed by atoms with Crippen LogP contribution in [0.25, 0.3) is 17.1 Å². The lowest BCUT2D eigenvalue weighted by Crippen LogP contribution is -2.32. The number of hydrogen-bond donors (Lipinski definition) is 1. The average Bonchev–Trinajstić information content (AvgIpc) is 3.39. The molecule has 1 unspecified atom stereocenters. The van der Waals surface area contributed by atoms with Crippen molar-refractivity contribution in [3.05, 3.63) is 60.2 Å². The van der Waals surface area contributed by atoms with Gasteiger partial charge in [0.1, 0.15) is 0 Å². The largest absolute Gasteiger partial charge is 0.352 e. The molecule has 138 valence electrons. The van der Waals surface area contributed by atoms with E-state index >= 15 is 0 Å². The van der Waals surface area contributed by atoms with Crippen molar-refractivity contribution in [1.29, 1.82) is 0 Å². The van der Waals surface area contributed by atoms with Gasteiger partial charge in [-0.05, 0) is 44.9 Å². The van der Waals surface area contributed by atoms with Crippen LogP contribution >= 0.6 is 11.8 Å². The SMILES string of the molecule is Cc1cccc(-c2nnc(SC(C)C(=O)NC3CC3)n2-c2ccccc2)c1. The Labute approximate surface area is 163 Å². The number of carbonyl (C=O) groups is 1. The van der Waals surface area contributed by atoms with Crippen LogP contribution in [0.4, 0.5) is 0 Å². The minimum absolute atomic E-state index is 0.0576. The number of benzene rings is 2. The molecule has 3 aromatic rings. The maximum absolute atomic E-state index is 12.4. The predicted molar refractivity (Wildman–Crippen MR) is 108 cm³/mol. The second kappa shape index (κ2) is 7.56. The molecule has 1 heterocycles. The van der Waals surface area contributed by atoms with E-state index in [0.29, 0.717) is 6.04 Å². The van der Waals surface area contributed by atoms with E-state index in [2.05, 4.69) is 34.6 Å². The average molecular weight is 379 g/mol. The first-order valence-electron chi connectivity index (χ1n) is 9.17. The van der Waals surface area contributed by atoms with Gasteiger partial charge in [0.05, 0.1) is 5.25 Å². The van der Waals surface area contributed by atoms with Crippen LogP contribution in [0.15, 0.2) is 59.8 Å². The number of aryl methyl sites for hydroxylation is 1. The first-order valence-corrected chi connectivity index (χ1v) is 10.0. The molecule has 1 aliphatic rings. The summed E-state index contributed by atoms with van der Waals surface area (Å²) in [7, 11) is 0. The number of rotatable bonds is 6. The summed E-state index contributed by atoms with van der Waals surface area (Å²) in [6.45, 7) is 3.98. The third-order valence-corrected chi connectivity index (χ3v) is 5.54. The number of aromatic nitrogens is 3. The summed E-state index contributed by atoms with van der Waals surface area (Å²) in [5.41, 5.74) is 3.16. The van der Waals surface area contributed by atoms with Crippen LogP contribution in [0.5, 0.6) is 0 Å². The highest BCUT2D eigenvalue weighted by Gasteiger charge is 2.27. The minimum atomic E-state index is -0.234. The van der Waals surface area contributed by atoms with Crippen molar-refractivity contribution in [1.82, 2.24) is 20.1 Å². The van der Waals surface area contributed by atoms with Gasteiger partial charge in [0.15, 0.2) is 11.0 Å². The standard InChI is InChI=1S/C21H22N4OS/c1-14-7-6-8-16(13-14)19-23-24-21(25(19)18-9-4-3-5-10-18)27-15(2)20(26)22-17-11-12-17/h3-10,13,15,17H,11-12H2,1-2H3,(H,22,26). The van der Waals surface area contributed by atoms with E-state index in [4.69, 9.17) is 0 Å². The molecule has 6 heteroatoms. The van der Waals surface area contributed by atoms with Crippen molar-refractivity contribution in [2.45, 2.75) is 43.1 Å². The van der Waals surface area contributed by atoms with Crippen LogP contribution in [0.2, 0.25) is 0 Å². The maximum atomic E-state index is 12.4. The number of nitrogens with one attached hydrogen (secondary N) is 1. The van der Waals surface area contributed by atoms with E-state index in [1.807, 2.05) is 54.0 Å². The molecule has 1 fully saturated rings. The summed E-state index contributed by atoms with van der Waals surface area (Å²) >= 11 is 1.44. The topological polar surface area (TPSA) is 59.8 Å². The highest BCUT2D eigenvalue weighted by atomic mass is 32.2. The monoisotopic (exact) mass is 378 g/mol. The molecule has 1 saturated carbocycles. The minimum Gasteiger partial charge on any atom is -0.352 e. The summed E-state index contributed by atoms with van der Waals surface area (Å²) < 4.78 is 2.03. The van der Waals surface area contributed by atoms with Crippen molar-refractivity contribution in [2.75, 3.05) is 0 Å². The van der Waals surface area contributed by atoms with E-state index in [1.54, 1.807) is 0 Å². The molecule has 1 N–H and O–H groups in total. The van der Waals surface area contributed by atoms with E-state index in [-0.39, 0.29) is 11.2 Å². The second-order valence-electron chi connectivity index (χ2n) is 6.89. The Morgan fingerprint density at radius 3 is 2.63 bits per heavy atom. The zero-order valence-corrected chi connectivity index (χ0v) is 16.2. The summed E-state index contributed by atoms with van der Waals surface area (Å²) in [4.78, 5) is 12.4. The molecule has 1 atom stereocenters. The van der Waals surface area contributed by atoms with Gasteiger partial charge in [0, 0.05) is 17.3 Å². The summed E-state index contributed by atoms with van der Waals surface area (Å²) in [6, 6.07) is 18.6. The highest BCUT2D eigenvalue weighted by Crippen LogP contribution is 2.31. The number of nitrogens with zero attached hydrogens (tertiary/aromatic N) is 3. The third-order valence-electron chi connectivity index (χ3n) is 4.50. The Morgan fingerprint density at radius 2 is 1.93 bits per heavy atom. The van der Waals surface area contributed by atoms with Crippen molar-refractivity contribution >= 4 is 17.7 Å². The van der Waals surface area contributed by atoms with Crippen LogP contribution < -0.4 is 5.32 Å². The molecule has 27 heavy (non-hydrogen) atoms. The van der Waals surface area contributed by atoms with Gasteiger partial charge in [-0.15, -0.1) is 10.2 Å². The number of para-hydroxylation sites is 1. The van der Waals surface area contributed by atoms with Gasteiger partial charge in [0.2, 0.25) is 5.91 Å². The van der Waals surface area contributed by atoms with Crippen molar-refractivity contribution in [3.63, 3.8) is 0 Å². The lowest BCUT2D eigenvalue weighted by Gasteiger charge is -2.14. The molecule has 0 spiro atoms. The molecule has 0 radical (unpaired) electrons. The fraction of sp³-hybridized carbons (Fsp3) is 0.286.